The molecule has 1 aliphatic carbocycles. The van der Waals surface area contributed by atoms with Crippen LogP contribution < -0.4 is 4.74 Å². The number of hydrogen-bond donors (Lipinski definition) is 1. The average molecular weight is 459 g/mol. The van der Waals surface area contributed by atoms with Crippen LogP contribution in [0.2, 0.25) is 10.0 Å². The summed E-state index contributed by atoms with van der Waals surface area (Å²) < 4.78 is 6.57. The van der Waals surface area contributed by atoms with Crippen LogP contribution in [-0.2, 0) is 4.79 Å². The summed E-state index contributed by atoms with van der Waals surface area (Å²) in [7, 11) is 0. The van der Waals surface area contributed by atoms with E-state index in [4.69, 9.17) is 33.0 Å². The van der Waals surface area contributed by atoms with Crippen LogP contribution >= 0.6 is 46.3 Å². The van der Waals surface area contributed by atoms with Gasteiger partial charge in [-0.2, -0.15) is 0 Å². The molecule has 3 atom stereocenters. The van der Waals surface area contributed by atoms with E-state index in [2.05, 4.69) is 4.98 Å². The van der Waals surface area contributed by atoms with E-state index in [1.165, 1.54) is 28.5 Å². The zero-order valence-corrected chi connectivity index (χ0v) is 17.7. The number of aromatic carboxylic acids is 1. The van der Waals surface area contributed by atoms with Crippen molar-refractivity contribution in [2.45, 2.75) is 16.8 Å². The van der Waals surface area contributed by atoms with E-state index in [0.717, 1.165) is 6.42 Å². The Morgan fingerprint density at radius 1 is 1.36 bits per heavy atom. The predicted octanol–water partition coefficient (Wildman–Crippen LogP) is 4.17. The summed E-state index contributed by atoms with van der Waals surface area (Å²) in [4.78, 5) is 29.4. The van der Waals surface area contributed by atoms with Crippen LogP contribution in [0.5, 0.6) is 5.75 Å². The highest BCUT2D eigenvalue weighted by Crippen LogP contribution is 2.50. The number of amides is 1. The Morgan fingerprint density at radius 3 is 2.79 bits per heavy atom. The number of ether oxygens (including phenoxy) is 1. The van der Waals surface area contributed by atoms with Crippen molar-refractivity contribution < 1.29 is 19.4 Å². The first-order valence-corrected chi connectivity index (χ1v) is 11.3. The van der Waals surface area contributed by atoms with Gasteiger partial charge in [-0.3, -0.25) is 4.79 Å². The first-order chi connectivity index (χ1) is 13.4. The highest BCUT2D eigenvalue weighted by atomic mass is 35.5. The van der Waals surface area contributed by atoms with Crippen molar-refractivity contribution in [1.82, 2.24) is 9.88 Å². The number of carboxylic acid groups (broad SMARTS) is 1. The molecule has 0 unspecified atom stereocenters. The van der Waals surface area contributed by atoms with Gasteiger partial charge in [0.15, 0.2) is 10.0 Å². The Hall–Kier alpha value is -1.48. The summed E-state index contributed by atoms with van der Waals surface area (Å²) in [6, 6.07) is 5.08. The third kappa shape index (κ3) is 4.25. The van der Waals surface area contributed by atoms with Crippen LogP contribution in [0, 0.1) is 11.8 Å². The van der Waals surface area contributed by atoms with Gasteiger partial charge in [0.05, 0.1) is 6.04 Å². The van der Waals surface area contributed by atoms with E-state index in [1.54, 1.807) is 18.2 Å². The maximum atomic E-state index is 12.5. The molecule has 1 saturated heterocycles. The molecule has 0 radical (unpaired) electrons. The monoisotopic (exact) mass is 458 g/mol. The second kappa shape index (κ2) is 8.10. The number of piperidine rings is 1. The molecule has 1 aromatic heterocycles. The lowest BCUT2D eigenvalue weighted by Gasteiger charge is -2.27. The van der Waals surface area contributed by atoms with Gasteiger partial charge in [0.25, 0.3) is 0 Å². The fraction of sp³-hybridized carbons (Fsp3) is 0.389. The van der Waals surface area contributed by atoms with Gasteiger partial charge in [0.2, 0.25) is 5.91 Å². The van der Waals surface area contributed by atoms with Crippen molar-refractivity contribution in [3.8, 4) is 5.75 Å². The van der Waals surface area contributed by atoms with Crippen molar-refractivity contribution in [3.05, 3.63) is 39.3 Å². The number of fused-ring (bicyclic) bond motifs is 1. The fourth-order valence-corrected chi connectivity index (χ4v) is 5.78. The minimum Gasteiger partial charge on any atom is -0.491 e. The summed E-state index contributed by atoms with van der Waals surface area (Å²) >= 11 is 14.8. The molecule has 1 aliphatic heterocycles. The number of benzene rings is 1. The molecular formula is C18H16Cl2N2O4S2. The van der Waals surface area contributed by atoms with Crippen LogP contribution in [0.4, 0.5) is 0 Å². The number of rotatable bonds is 8. The number of nitrogens with zero attached hydrogens (tertiary/aromatic N) is 2. The van der Waals surface area contributed by atoms with Crippen molar-refractivity contribution in [2.75, 3.05) is 18.9 Å². The standard InChI is InChI=1S/C18H16Cl2N2O4S2/c19-9-3-10(20)5-11(4-9)26-7-15-12-6-13(12)16(23)22(15)1-2-27-18-21-14(8-28-18)17(24)25/h3-5,8,12-13,15H,1-2,6-7H2,(H,24,25)/t12-,13+,15+/m1/s1. The normalized spacial score (nSPS) is 23.0. The predicted molar refractivity (Wildman–Crippen MR) is 109 cm³/mol. The smallest absolute Gasteiger partial charge is 0.355 e. The summed E-state index contributed by atoms with van der Waals surface area (Å²) in [6.07, 6.45) is 0.918. The molecule has 4 rings (SSSR count). The number of carbonyl (C=O) groups is 2. The van der Waals surface area contributed by atoms with Crippen molar-refractivity contribution >= 4 is 58.2 Å². The van der Waals surface area contributed by atoms with Crippen molar-refractivity contribution in [3.63, 3.8) is 0 Å². The molecule has 1 amide bonds. The van der Waals surface area contributed by atoms with Crippen molar-refractivity contribution in [2.24, 2.45) is 11.8 Å². The van der Waals surface area contributed by atoms with Gasteiger partial charge >= 0.3 is 5.97 Å². The summed E-state index contributed by atoms with van der Waals surface area (Å²) in [5.41, 5.74) is 0.0532. The molecule has 2 aliphatic rings. The third-order valence-electron chi connectivity index (χ3n) is 4.85. The number of carbonyl (C=O) groups excluding carboxylic acids is 1. The van der Waals surface area contributed by atoms with Gasteiger partial charge in [0, 0.05) is 33.6 Å². The summed E-state index contributed by atoms with van der Waals surface area (Å²) in [5.74, 6) is 0.833. The number of thioether (sulfide) groups is 1. The number of carboxylic acids is 1. The lowest BCUT2D eigenvalue weighted by atomic mass is 10.2. The van der Waals surface area contributed by atoms with Crippen LogP contribution in [0.15, 0.2) is 27.9 Å². The summed E-state index contributed by atoms with van der Waals surface area (Å²) in [5, 5.41) is 11.5. The minimum absolute atomic E-state index is 0.0294. The van der Waals surface area contributed by atoms with Crippen LogP contribution in [0.1, 0.15) is 16.9 Å². The minimum atomic E-state index is -1.03. The highest BCUT2D eigenvalue weighted by molar-refractivity contribution is 8.01. The number of hydrogen-bond acceptors (Lipinski definition) is 6. The maximum Gasteiger partial charge on any atom is 0.355 e. The Bertz CT molecular complexity index is 902. The molecule has 1 aromatic carbocycles. The van der Waals surface area contributed by atoms with Crippen LogP contribution in [0.25, 0.3) is 0 Å². The Labute approximate surface area is 179 Å². The van der Waals surface area contributed by atoms with Gasteiger partial charge in [-0.05, 0) is 30.5 Å². The Morgan fingerprint density at radius 2 is 2.11 bits per heavy atom. The average Bonchev–Trinajstić information content (AvgIpc) is 3.19. The summed E-state index contributed by atoms with van der Waals surface area (Å²) in [6.45, 7) is 0.970. The first-order valence-electron chi connectivity index (χ1n) is 8.63. The first kappa shape index (κ1) is 19.8. The molecule has 1 saturated carbocycles. The molecular weight excluding hydrogens is 443 g/mol. The molecule has 2 heterocycles. The molecule has 10 heteroatoms. The largest absolute Gasteiger partial charge is 0.491 e. The van der Waals surface area contributed by atoms with E-state index in [0.29, 0.717) is 45.0 Å². The molecule has 28 heavy (non-hydrogen) atoms. The number of halogens is 2. The topological polar surface area (TPSA) is 79.7 Å². The van der Waals surface area contributed by atoms with Gasteiger partial charge in [0.1, 0.15) is 12.4 Å². The van der Waals surface area contributed by atoms with Gasteiger partial charge in [-0.25, -0.2) is 9.78 Å². The Kier molecular flexibility index (Phi) is 5.73. The van der Waals surface area contributed by atoms with E-state index in [-0.39, 0.29) is 23.6 Å². The maximum absolute atomic E-state index is 12.5. The fourth-order valence-electron chi connectivity index (χ4n) is 3.47. The molecule has 0 bridgehead atoms. The molecule has 2 aromatic rings. The highest BCUT2D eigenvalue weighted by Gasteiger charge is 2.58. The Balaban J connectivity index is 1.34. The SMILES string of the molecule is O=C(O)c1csc(SCCN2C(=O)[C@H]3C[C@H]3[C@@H]2COc2cc(Cl)cc(Cl)c2)n1. The molecule has 148 valence electrons. The van der Waals surface area contributed by atoms with Crippen LogP contribution in [-0.4, -0.2) is 51.8 Å². The van der Waals surface area contributed by atoms with Crippen LogP contribution in [0.3, 0.4) is 0 Å². The van der Waals surface area contributed by atoms with Gasteiger partial charge < -0.3 is 14.7 Å². The molecule has 0 spiro atoms. The van der Waals surface area contributed by atoms with E-state index < -0.39 is 5.97 Å². The van der Waals surface area contributed by atoms with E-state index >= 15 is 0 Å². The lowest BCUT2D eigenvalue weighted by molar-refractivity contribution is -0.131. The third-order valence-corrected chi connectivity index (χ3v) is 7.29. The lowest BCUT2D eigenvalue weighted by Crippen LogP contribution is -2.41. The second-order valence-corrected chi connectivity index (χ2v) is 9.75. The van der Waals surface area contributed by atoms with Crippen molar-refractivity contribution in [1.29, 1.82) is 0 Å². The zero-order chi connectivity index (χ0) is 19.8. The van der Waals surface area contributed by atoms with Gasteiger partial charge in [-0.15, -0.1) is 11.3 Å². The second-order valence-electron chi connectivity index (χ2n) is 6.67. The number of likely N-dealkylation sites (tertiary alicyclic amines) is 1. The zero-order valence-electron chi connectivity index (χ0n) is 14.5. The molecule has 1 N–H and O–H groups in total. The van der Waals surface area contributed by atoms with E-state index in [9.17, 15) is 9.59 Å². The van der Waals surface area contributed by atoms with E-state index in [1.807, 2.05) is 4.90 Å². The number of aromatic nitrogens is 1. The molecule has 6 nitrogen and oxygen atoms in total. The molecule has 2 fully saturated rings. The quantitative estimate of drug-likeness (QED) is 0.597. The van der Waals surface area contributed by atoms with Gasteiger partial charge in [-0.1, -0.05) is 35.0 Å². The number of thiazole rings is 1.